The van der Waals surface area contributed by atoms with Crippen molar-refractivity contribution in [3.05, 3.63) is 70.2 Å². The quantitative estimate of drug-likeness (QED) is 0.501. The maximum atomic E-state index is 12.9. The number of oxazole rings is 1. The van der Waals surface area contributed by atoms with E-state index in [0.29, 0.717) is 11.2 Å². The van der Waals surface area contributed by atoms with Crippen molar-refractivity contribution in [1.82, 2.24) is 14.1 Å². The highest BCUT2D eigenvalue weighted by atomic mass is 35.5. The number of benzene rings is 2. The molecule has 0 saturated heterocycles. The van der Waals surface area contributed by atoms with Crippen LogP contribution in [0.15, 0.2) is 62.9 Å². The Morgan fingerprint density at radius 1 is 1.17 bits per heavy atom. The first-order chi connectivity index (χ1) is 14.2. The number of rotatable bonds is 5. The second-order valence-corrected chi connectivity index (χ2v) is 9.20. The van der Waals surface area contributed by atoms with E-state index in [4.69, 9.17) is 16.0 Å². The van der Waals surface area contributed by atoms with E-state index in [9.17, 15) is 13.2 Å². The monoisotopic (exact) mass is 446 g/mol. The first kappa shape index (κ1) is 20.2. The second kappa shape index (κ2) is 7.33. The summed E-state index contributed by atoms with van der Waals surface area (Å²) < 4.78 is 36.5. The highest BCUT2D eigenvalue weighted by Gasteiger charge is 2.21. The van der Waals surface area contributed by atoms with Crippen LogP contribution in [0.1, 0.15) is 25.6 Å². The minimum atomic E-state index is -4.00. The molecule has 0 aliphatic carbocycles. The van der Waals surface area contributed by atoms with Crippen molar-refractivity contribution < 1.29 is 12.8 Å². The van der Waals surface area contributed by atoms with Crippen LogP contribution >= 0.6 is 11.6 Å². The molecule has 10 heteroatoms. The normalized spacial score (nSPS) is 12.0. The Balaban J connectivity index is 1.65. The fourth-order valence-corrected chi connectivity index (χ4v) is 4.79. The summed E-state index contributed by atoms with van der Waals surface area (Å²) in [5.74, 6) is 0.556. The van der Waals surface area contributed by atoms with E-state index < -0.39 is 15.8 Å². The summed E-state index contributed by atoms with van der Waals surface area (Å²) in [6.45, 7) is 4.10. The number of anilines is 1. The van der Waals surface area contributed by atoms with Gasteiger partial charge >= 0.3 is 5.76 Å². The standard InChI is InChI=1S/C20H19ClN4O4S/c1-12(2)19-22-8-9-25(19)14-6-4-13(5-7-14)23-30(27,28)18-11-17-16(10-15(18)21)24(3)20(26)29-17/h4-12,23H,1-3H3. The third kappa shape index (κ3) is 3.50. The van der Waals surface area contributed by atoms with E-state index in [1.54, 1.807) is 30.5 Å². The first-order valence-electron chi connectivity index (χ1n) is 9.13. The van der Waals surface area contributed by atoms with Gasteiger partial charge in [0, 0.05) is 42.8 Å². The van der Waals surface area contributed by atoms with Crippen LogP contribution in [-0.2, 0) is 17.1 Å². The summed E-state index contributed by atoms with van der Waals surface area (Å²) in [5.41, 5.74) is 1.79. The lowest BCUT2D eigenvalue weighted by Crippen LogP contribution is -2.13. The molecular formula is C20H19ClN4O4S. The second-order valence-electron chi connectivity index (χ2n) is 7.14. The van der Waals surface area contributed by atoms with Crippen molar-refractivity contribution in [2.45, 2.75) is 24.7 Å². The summed E-state index contributed by atoms with van der Waals surface area (Å²) in [7, 11) is -2.48. The van der Waals surface area contributed by atoms with Gasteiger partial charge in [-0.15, -0.1) is 0 Å². The predicted octanol–water partition coefficient (Wildman–Crippen LogP) is 3.89. The molecule has 0 amide bonds. The highest BCUT2D eigenvalue weighted by Crippen LogP contribution is 2.29. The van der Waals surface area contributed by atoms with Crippen LogP contribution in [0.25, 0.3) is 16.8 Å². The number of hydrogen-bond donors (Lipinski definition) is 1. The zero-order valence-electron chi connectivity index (χ0n) is 16.5. The van der Waals surface area contributed by atoms with Crippen LogP contribution in [0.3, 0.4) is 0 Å². The lowest BCUT2D eigenvalue weighted by atomic mass is 10.2. The molecule has 2 aromatic heterocycles. The molecular weight excluding hydrogens is 428 g/mol. The Bertz CT molecular complexity index is 1400. The largest absolute Gasteiger partial charge is 0.419 e. The molecule has 4 aromatic rings. The molecule has 30 heavy (non-hydrogen) atoms. The van der Waals surface area contributed by atoms with Crippen LogP contribution < -0.4 is 10.5 Å². The Morgan fingerprint density at radius 3 is 2.53 bits per heavy atom. The van der Waals surface area contributed by atoms with Crippen LogP contribution in [0.4, 0.5) is 5.69 Å². The van der Waals surface area contributed by atoms with Gasteiger partial charge in [0.05, 0.1) is 10.5 Å². The van der Waals surface area contributed by atoms with Crippen LogP contribution in [0.5, 0.6) is 0 Å². The molecule has 0 unspecified atom stereocenters. The van der Waals surface area contributed by atoms with E-state index in [2.05, 4.69) is 23.6 Å². The molecule has 0 aliphatic heterocycles. The average Bonchev–Trinajstić information content (AvgIpc) is 3.28. The lowest BCUT2D eigenvalue weighted by Gasteiger charge is -2.12. The van der Waals surface area contributed by atoms with Gasteiger partial charge < -0.3 is 8.98 Å². The van der Waals surface area contributed by atoms with Crippen LogP contribution in [0, 0.1) is 0 Å². The molecule has 0 radical (unpaired) electrons. The first-order valence-corrected chi connectivity index (χ1v) is 11.0. The fraction of sp³-hybridized carbons (Fsp3) is 0.200. The Kier molecular flexibility index (Phi) is 4.95. The molecule has 0 saturated carbocycles. The van der Waals surface area contributed by atoms with E-state index in [1.165, 1.54) is 23.7 Å². The third-order valence-electron chi connectivity index (χ3n) is 4.72. The number of nitrogens with zero attached hydrogens (tertiary/aromatic N) is 3. The number of halogens is 1. The molecule has 0 aliphatic rings. The number of nitrogens with one attached hydrogen (secondary N) is 1. The maximum absolute atomic E-state index is 12.9. The van der Waals surface area contributed by atoms with Crippen molar-refractivity contribution in [1.29, 1.82) is 0 Å². The van der Waals surface area contributed by atoms with Gasteiger partial charge in [-0.3, -0.25) is 9.29 Å². The van der Waals surface area contributed by atoms with Gasteiger partial charge in [-0.25, -0.2) is 18.2 Å². The summed E-state index contributed by atoms with van der Waals surface area (Å²) in [5, 5.41) is -0.0111. The Hall–Kier alpha value is -3.04. The van der Waals surface area contributed by atoms with Crippen molar-refractivity contribution in [2.75, 3.05) is 4.72 Å². The number of fused-ring (bicyclic) bond motifs is 1. The van der Waals surface area contributed by atoms with E-state index >= 15 is 0 Å². The smallest absolute Gasteiger partial charge is 0.408 e. The van der Waals surface area contributed by atoms with E-state index in [0.717, 1.165) is 11.5 Å². The zero-order valence-corrected chi connectivity index (χ0v) is 18.0. The number of aryl methyl sites for hydroxylation is 1. The summed E-state index contributed by atoms with van der Waals surface area (Å²) in [6, 6.07) is 9.55. The van der Waals surface area contributed by atoms with Crippen molar-refractivity contribution in [2.24, 2.45) is 7.05 Å². The molecule has 156 valence electrons. The molecule has 0 fully saturated rings. The van der Waals surface area contributed by atoms with E-state index in [1.807, 2.05) is 10.8 Å². The van der Waals surface area contributed by atoms with Crippen LogP contribution in [-0.4, -0.2) is 22.5 Å². The maximum Gasteiger partial charge on any atom is 0.419 e. The zero-order chi connectivity index (χ0) is 21.6. The number of imidazole rings is 1. The van der Waals surface area contributed by atoms with Gasteiger partial charge in [0.25, 0.3) is 10.0 Å². The molecule has 4 rings (SSSR count). The predicted molar refractivity (Wildman–Crippen MR) is 115 cm³/mol. The van der Waals surface area contributed by atoms with Gasteiger partial charge in [-0.05, 0) is 30.3 Å². The molecule has 0 atom stereocenters. The summed E-state index contributed by atoms with van der Waals surface area (Å²) in [4.78, 5) is 15.9. The molecule has 0 spiro atoms. The number of aromatic nitrogens is 3. The molecule has 0 bridgehead atoms. The fourth-order valence-electron chi connectivity index (χ4n) is 3.20. The lowest BCUT2D eigenvalue weighted by molar-refractivity contribution is 0.527. The Labute approximate surface area is 177 Å². The van der Waals surface area contributed by atoms with Gasteiger partial charge in [-0.2, -0.15) is 0 Å². The minimum Gasteiger partial charge on any atom is -0.408 e. The average molecular weight is 447 g/mol. The molecule has 2 heterocycles. The highest BCUT2D eigenvalue weighted by molar-refractivity contribution is 7.92. The van der Waals surface area contributed by atoms with Crippen LogP contribution in [0.2, 0.25) is 5.02 Å². The summed E-state index contributed by atoms with van der Waals surface area (Å²) >= 11 is 6.19. The molecule has 2 aromatic carbocycles. The van der Waals surface area contributed by atoms with Crippen molar-refractivity contribution >= 4 is 38.4 Å². The van der Waals surface area contributed by atoms with Crippen molar-refractivity contribution in [3.8, 4) is 5.69 Å². The summed E-state index contributed by atoms with van der Waals surface area (Å²) in [6.07, 6.45) is 3.59. The Morgan fingerprint density at radius 2 is 1.87 bits per heavy atom. The minimum absolute atomic E-state index is 0.0111. The molecule has 1 N–H and O–H groups in total. The van der Waals surface area contributed by atoms with E-state index in [-0.39, 0.29) is 21.4 Å². The third-order valence-corrected chi connectivity index (χ3v) is 6.56. The number of sulfonamides is 1. The number of hydrogen-bond acceptors (Lipinski definition) is 5. The van der Waals surface area contributed by atoms with Gasteiger partial charge in [0.1, 0.15) is 10.7 Å². The van der Waals surface area contributed by atoms with Gasteiger partial charge in [0.15, 0.2) is 5.58 Å². The van der Waals surface area contributed by atoms with Crippen molar-refractivity contribution in [3.63, 3.8) is 0 Å². The van der Waals surface area contributed by atoms with Gasteiger partial charge in [0.2, 0.25) is 0 Å². The van der Waals surface area contributed by atoms with Gasteiger partial charge in [-0.1, -0.05) is 25.4 Å². The SMILES string of the molecule is CC(C)c1nccn1-c1ccc(NS(=O)(=O)c2cc3oc(=O)n(C)c3cc2Cl)cc1. The topological polar surface area (TPSA) is 99.1 Å². The molecule has 8 nitrogen and oxygen atoms in total.